The third kappa shape index (κ3) is 4.51. The average molecular weight is 250 g/mol. The Morgan fingerprint density at radius 3 is 2.67 bits per heavy atom. The van der Waals surface area contributed by atoms with Crippen molar-refractivity contribution in [1.29, 1.82) is 0 Å². The van der Waals surface area contributed by atoms with Crippen molar-refractivity contribution in [2.45, 2.75) is 6.92 Å². The molecule has 1 rings (SSSR count). The second-order valence-electron chi connectivity index (χ2n) is 3.13. The van der Waals surface area contributed by atoms with Crippen LogP contribution in [0.3, 0.4) is 0 Å². The lowest BCUT2D eigenvalue weighted by Crippen LogP contribution is -2.21. The van der Waals surface area contributed by atoms with Crippen LogP contribution in [0, 0.1) is 6.92 Å². The van der Waals surface area contributed by atoms with Crippen molar-refractivity contribution in [1.82, 2.24) is 0 Å². The lowest BCUT2D eigenvalue weighted by molar-refractivity contribution is 0.338. The van der Waals surface area contributed by atoms with E-state index in [2.05, 4.69) is 0 Å². The van der Waals surface area contributed by atoms with Crippen LogP contribution in [0.25, 0.3) is 0 Å². The molecule has 0 saturated heterocycles. The lowest BCUT2D eigenvalue weighted by atomic mass is 10.2. The summed E-state index contributed by atoms with van der Waals surface area (Å²) in [6.07, 6.45) is 0. The number of ether oxygens (including phenoxy) is 1. The number of nitrogens with two attached hydrogens (primary N) is 1. The van der Waals surface area contributed by atoms with Gasteiger partial charge in [-0.25, -0.2) is 13.6 Å². The minimum atomic E-state index is -3.47. The van der Waals surface area contributed by atoms with Gasteiger partial charge in [-0.05, 0) is 30.7 Å². The van der Waals surface area contributed by atoms with E-state index in [9.17, 15) is 8.42 Å². The molecular weight excluding hydrogens is 238 g/mol. The van der Waals surface area contributed by atoms with Gasteiger partial charge < -0.3 is 4.74 Å². The molecule has 0 unspecified atom stereocenters. The highest BCUT2D eigenvalue weighted by Crippen LogP contribution is 2.21. The van der Waals surface area contributed by atoms with Gasteiger partial charge in [0.15, 0.2) is 0 Å². The van der Waals surface area contributed by atoms with Gasteiger partial charge in [0.25, 0.3) is 0 Å². The average Bonchev–Trinajstić information content (AvgIpc) is 2.07. The standard InChI is InChI=1S/C9H12ClNO3S/c1-7-6-8(10)2-3-9(7)14-4-5-15(11,12)13/h2-3,6H,4-5H2,1H3,(H2,11,12,13). The van der Waals surface area contributed by atoms with Crippen LogP contribution in [0.15, 0.2) is 18.2 Å². The van der Waals surface area contributed by atoms with E-state index < -0.39 is 10.0 Å². The number of sulfonamides is 1. The maximum absolute atomic E-state index is 10.6. The summed E-state index contributed by atoms with van der Waals surface area (Å²) in [5.74, 6) is 0.415. The lowest BCUT2D eigenvalue weighted by Gasteiger charge is -2.08. The quantitative estimate of drug-likeness (QED) is 0.875. The second-order valence-corrected chi connectivity index (χ2v) is 5.30. The van der Waals surface area contributed by atoms with Gasteiger partial charge in [-0.1, -0.05) is 11.6 Å². The Morgan fingerprint density at radius 1 is 1.47 bits per heavy atom. The van der Waals surface area contributed by atoms with Gasteiger partial charge in [0.05, 0.1) is 5.75 Å². The van der Waals surface area contributed by atoms with Crippen molar-refractivity contribution in [3.63, 3.8) is 0 Å². The Kier molecular flexibility index (Phi) is 3.96. The summed E-state index contributed by atoms with van der Waals surface area (Å²) >= 11 is 5.75. The van der Waals surface area contributed by atoms with E-state index in [1.165, 1.54) is 0 Å². The molecule has 0 spiro atoms. The maximum Gasteiger partial charge on any atom is 0.212 e. The molecule has 6 heteroatoms. The summed E-state index contributed by atoms with van der Waals surface area (Å²) in [7, 11) is -3.47. The van der Waals surface area contributed by atoms with Crippen LogP contribution in [-0.4, -0.2) is 20.8 Å². The van der Waals surface area contributed by atoms with Crippen LogP contribution in [0.4, 0.5) is 0 Å². The third-order valence-electron chi connectivity index (χ3n) is 1.76. The summed E-state index contributed by atoms with van der Waals surface area (Å²) < 4.78 is 26.5. The van der Waals surface area contributed by atoms with Gasteiger partial charge in [0.2, 0.25) is 10.0 Å². The molecule has 0 aliphatic rings. The molecule has 0 aromatic heterocycles. The Balaban J connectivity index is 2.59. The molecule has 2 N–H and O–H groups in total. The maximum atomic E-state index is 10.6. The molecule has 0 fully saturated rings. The van der Waals surface area contributed by atoms with Crippen molar-refractivity contribution in [2.75, 3.05) is 12.4 Å². The Hall–Kier alpha value is -0.780. The zero-order chi connectivity index (χ0) is 11.5. The molecule has 84 valence electrons. The first-order valence-corrected chi connectivity index (χ1v) is 6.37. The summed E-state index contributed by atoms with van der Waals surface area (Å²) in [6, 6.07) is 5.12. The fraction of sp³-hybridized carbons (Fsp3) is 0.333. The molecule has 1 aromatic carbocycles. The molecular formula is C9H12ClNO3S. The number of aryl methyl sites for hydroxylation is 1. The smallest absolute Gasteiger partial charge is 0.212 e. The molecule has 0 aliphatic heterocycles. The molecule has 4 nitrogen and oxygen atoms in total. The zero-order valence-corrected chi connectivity index (χ0v) is 9.81. The molecule has 0 radical (unpaired) electrons. The van der Waals surface area contributed by atoms with E-state index >= 15 is 0 Å². The Morgan fingerprint density at radius 2 is 2.13 bits per heavy atom. The number of hydrogen-bond acceptors (Lipinski definition) is 3. The molecule has 0 heterocycles. The van der Waals surface area contributed by atoms with Crippen molar-refractivity contribution < 1.29 is 13.2 Å². The predicted molar refractivity (Wildman–Crippen MR) is 59.7 cm³/mol. The van der Waals surface area contributed by atoms with Gasteiger partial charge in [0, 0.05) is 5.02 Å². The number of benzene rings is 1. The van der Waals surface area contributed by atoms with Crippen LogP contribution in [0.5, 0.6) is 5.75 Å². The normalized spacial score (nSPS) is 11.4. The largest absolute Gasteiger partial charge is 0.492 e. The first-order valence-electron chi connectivity index (χ1n) is 4.28. The molecule has 0 amide bonds. The number of primary sulfonamides is 1. The molecule has 1 aromatic rings. The highest BCUT2D eigenvalue weighted by atomic mass is 35.5. The molecule has 15 heavy (non-hydrogen) atoms. The van der Waals surface area contributed by atoms with Gasteiger partial charge in [0.1, 0.15) is 12.4 Å². The van der Waals surface area contributed by atoms with Crippen LogP contribution < -0.4 is 9.88 Å². The first kappa shape index (κ1) is 12.3. The zero-order valence-electron chi connectivity index (χ0n) is 8.23. The third-order valence-corrected chi connectivity index (χ3v) is 2.73. The fourth-order valence-electron chi connectivity index (χ4n) is 1.04. The number of hydrogen-bond donors (Lipinski definition) is 1. The van der Waals surface area contributed by atoms with Gasteiger partial charge in [-0.2, -0.15) is 0 Å². The topological polar surface area (TPSA) is 69.4 Å². The Labute approximate surface area is 94.0 Å². The van der Waals surface area contributed by atoms with Crippen LogP contribution in [-0.2, 0) is 10.0 Å². The van der Waals surface area contributed by atoms with Crippen molar-refractivity contribution in [3.8, 4) is 5.75 Å². The molecule has 0 bridgehead atoms. The predicted octanol–water partition coefficient (Wildman–Crippen LogP) is 1.32. The van der Waals surface area contributed by atoms with Gasteiger partial charge in [-0.3, -0.25) is 0 Å². The summed E-state index contributed by atoms with van der Waals surface area (Å²) in [5.41, 5.74) is 0.858. The summed E-state index contributed by atoms with van der Waals surface area (Å²) in [6.45, 7) is 1.87. The second kappa shape index (κ2) is 4.83. The van der Waals surface area contributed by atoms with Gasteiger partial charge in [-0.15, -0.1) is 0 Å². The summed E-state index contributed by atoms with van der Waals surface area (Å²) in [4.78, 5) is 0. The minimum absolute atomic E-state index is 0.0430. The highest BCUT2D eigenvalue weighted by molar-refractivity contribution is 7.89. The van der Waals surface area contributed by atoms with E-state index in [1.807, 2.05) is 6.92 Å². The van der Waals surface area contributed by atoms with Crippen LogP contribution in [0.2, 0.25) is 5.02 Å². The van der Waals surface area contributed by atoms with E-state index in [-0.39, 0.29) is 12.4 Å². The van der Waals surface area contributed by atoms with Crippen LogP contribution in [0.1, 0.15) is 5.56 Å². The first-order chi connectivity index (χ1) is 6.88. The van der Waals surface area contributed by atoms with E-state index in [0.29, 0.717) is 10.8 Å². The SMILES string of the molecule is Cc1cc(Cl)ccc1OCCS(N)(=O)=O. The minimum Gasteiger partial charge on any atom is -0.492 e. The Bertz CT molecular complexity index is 445. The molecule has 0 saturated carbocycles. The van der Waals surface area contributed by atoms with Crippen molar-refractivity contribution in [2.24, 2.45) is 5.14 Å². The monoisotopic (exact) mass is 249 g/mol. The molecule has 0 atom stereocenters. The van der Waals surface area contributed by atoms with Crippen molar-refractivity contribution in [3.05, 3.63) is 28.8 Å². The van der Waals surface area contributed by atoms with Gasteiger partial charge >= 0.3 is 0 Å². The van der Waals surface area contributed by atoms with E-state index in [1.54, 1.807) is 18.2 Å². The summed E-state index contributed by atoms with van der Waals surface area (Å²) in [5, 5.41) is 5.45. The number of rotatable bonds is 4. The van der Waals surface area contributed by atoms with E-state index in [0.717, 1.165) is 5.56 Å². The van der Waals surface area contributed by atoms with Crippen LogP contribution >= 0.6 is 11.6 Å². The number of halogens is 1. The highest BCUT2D eigenvalue weighted by Gasteiger charge is 2.04. The van der Waals surface area contributed by atoms with E-state index in [4.69, 9.17) is 21.5 Å². The van der Waals surface area contributed by atoms with Crippen molar-refractivity contribution >= 4 is 21.6 Å². The fourth-order valence-corrected chi connectivity index (χ4v) is 1.58. The molecule has 0 aliphatic carbocycles.